The molecule has 0 fully saturated rings. The van der Waals surface area contributed by atoms with Crippen molar-refractivity contribution in [2.24, 2.45) is 0 Å². The quantitative estimate of drug-likeness (QED) is 0.457. The summed E-state index contributed by atoms with van der Waals surface area (Å²) in [4.78, 5) is 11.9. The third kappa shape index (κ3) is 5.33. The van der Waals surface area contributed by atoms with Crippen LogP contribution in [-0.2, 0) is 11.2 Å². The maximum absolute atomic E-state index is 11.9. The zero-order valence-corrected chi connectivity index (χ0v) is 13.5. The Balaban J connectivity index is 1.87. The summed E-state index contributed by atoms with van der Waals surface area (Å²) in [6.07, 6.45) is 2.62. The van der Waals surface area contributed by atoms with Gasteiger partial charge in [0, 0.05) is 0 Å². The van der Waals surface area contributed by atoms with Crippen molar-refractivity contribution in [1.29, 1.82) is 0 Å². The molecular formula is C19H23NO3. The van der Waals surface area contributed by atoms with Crippen LogP contribution in [0.1, 0.15) is 35.7 Å². The lowest BCUT2D eigenvalue weighted by molar-refractivity contribution is 0.0504. The second-order valence-electron chi connectivity index (χ2n) is 5.33. The molecule has 0 saturated carbocycles. The molecule has 0 saturated heterocycles. The first-order valence-corrected chi connectivity index (χ1v) is 7.94. The van der Waals surface area contributed by atoms with Crippen LogP contribution in [0.25, 0.3) is 0 Å². The molecular weight excluding hydrogens is 290 g/mol. The van der Waals surface area contributed by atoms with Gasteiger partial charge in [-0.3, -0.25) is 0 Å². The lowest BCUT2D eigenvalue weighted by atomic mass is 10.1. The average Bonchev–Trinajstić information content (AvgIpc) is 2.59. The Kier molecular flexibility index (Phi) is 6.48. The molecule has 23 heavy (non-hydrogen) atoms. The summed E-state index contributed by atoms with van der Waals surface area (Å²) in [5.41, 5.74) is 8.17. The molecule has 0 aliphatic rings. The molecule has 0 heterocycles. The van der Waals surface area contributed by atoms with E-state index in [9.17, 15) is 4.79 Å². The van der Waals surface area contributed by atoms with Crippen LogP contribution in [0.15, 0.2) is 48.5 Å². The van der Waals surface area contributed by atoms with Crippen molar-refractivity contribution in [3.63, 3.8) is 0 Å². The van der Waals surface area contributed by atoms with Crippen molar-refractivity contribution in [2.75, 3.05) is 18.9 Å². The molecule has 0 amide bonds. The van der Waals surface area contributed by atoms with Gasteiger partial charge in [-0.2, -0.15) is 0 Å². The summed E-state index contributed by atoms with van der Waals surface area (Å²) in [5, 5.41) is 0. The number of carbonyl (C=O) groups excluding carboxylic acids is 1. The number of aryl methyl sites for hydroxylation is 1. The van der Waals surface area contributed by atoms with Gasteiger partial charge in [-0.25, -0.2) is 4.79 Å². The molecule has 0 aliphatic carbocycles. The summed E-state index contributed by atoms with van der Waals surface area (Å²) in [6.45, 7) is 2.92. The van der Waals surface area contributed by atoms with E-state index < -0.39 is 0 Å². The molecule has 2 aromatic carbocycles. The van der Waals surface area contributed by atoms with Crippen molar-refractivity contribution in [2.45, 2.75) is 26.2 Å². The number of hydrogen-bond donors (Lipinski definition) is 1. The Bertz CT molecular complexity index is 626. The minimum Gasteiger partial charge on any atom is -0.491 e. The van der Waals surface area contributed by atoms with E-state index in [-0.39, 0.29) is 5.97 Å². The Morgan fingerprint density at radius 2 is 1.87 bits per heavy atom. The molecule has 0 aromatic heterocycles. The van der Waals surface area contributed by atoms with E-state index >= 15 is 0 Å². The van der Waals surface area contributed by atoms with Crippen molar-refractivity contribution in [3.8, 4) is 5.75 Å². The predicted octanol–water partition coefficient (Wildman–Crippen LogP) is 3.85. The van der Waals surface area contributed by atoms with Crippen LogP contribution in [0.2, 0.25) is 0 Å². The molecule has 122 valence electrons. The van der Waals surface area contributed by atoms with Gasteiger partial charge in [0.25, 0.3) is 0 Å². The molecule has 4 nitrogen and oxygen atoms in total. The molecule has 0 spiro atoms. The first-order chi connectivity index (χ1) is 11.2. The fourth-order valence-electron chi connectivity index (χ4n) is 2.17. The van der Waals surface area contributed by atoms with Crippen molar-refractivity contribution >= 4 is 11.7 Å². The topological polar surface area (TPSA) is 61.5 Å². The average molecular weight is 313 g/mol. The minimum atomic E-state index is -0.346. The predicted molar refractivity (Wildman–Crippen MR) is 91.7 cm³/mol. The highest BCUT2D eigenvalue weighted by Crippen LogP contribution is 2.23. The number of nitrogens with two attached hydrogens (primary N) is 1. The normalized spacial score (nSPS) is 10.3. The van der Waals surface area contributed by atoms with Crippen LogP contribution < -0.4 is 10.5 Å². The summed E-state index contributed by atoms with van der Waals surface area (Å²) in [5.74, 6) is 0.185. The van der Waals surface area contributed by atoms with Crippen molar-refractivity contribution in [3.05, 3.63) is 59.7 Å². The Morgan fingerprint density at radius 1 is 1.09 bits per heavy atom. The Morgan fingerprint density at radius 3 is 2.61 bits per heavy atom. The molecule has 2 N–H and O–H groups in total. The van der Waals surface area contributed by atoms with Crippen LogP contribution in [0.4, 0.5) is 5.69 Å². The van der Waals surface area contributed by atoms with Gasteiger partial charge >= 0.3 is 5.97 Å². The maximum atomic E-state index is 11.9. The van der Waals surface area contributed by atoms with Crippen molar-refractivity contribution < 1.29 is 14.3 Å². The molecule has 0 bridgehead atoms. The summed E-state index contributed by atoms with van der Waals surface area (Å²) < 4.78 is 10.8. The highest BCUT2D eigenvalue weighted by Gasteiger charge is 2.10. The number of ether oxygens (including phenoxy) is 2. The lowest BCUT2D eigenvalue weighted by Crippen LogP contribution is -2.08. The standard InChI is InChI=1S/C19H23NO3/c1-2-12-23-19(21)16-10-11-17(20)18(14-16)22-13-6-9-15-7-4-3-5-8-15/h3-5,7-8,10-11,14H,2,6,9,12-13,20H2,1H3. The highest BCUT2D eigenvalue weighted by atomic mass is 16.5. The van der Waals surface area contributed by atoms with Gasteiger partial charge in [-0.05, 0) is 43.0 Å². The Labute approximate surface area is 137 Å². The lowest BCUT2D eigenvalue weighted by Gasteiger charge is -2.11. The van der Waals surface area contributed by atoms with Gasteiger partial charge in [0.1, 0.15) is 5.75 Å². The van der Waals surface area contributed by atoms with Gasteiger partial charge in [-0.15, -0.1) is 0 Å². The number of rotatable bonds is 8. The van der Waals surface area contributed by atoms with E-state index in [1.165, 1.54) is 5.56 Å². The summed E-state index contributed by atoms with van der Waals surface area (Å²) in [7, 11) is 0. The van der Waals surface area contributed by atoms with Gasteiger partial charge in [-0.1, -0.05) is 37.3 Å². The van der Waals surface area contributed by atoms with Crippen LogP contribution in [0, 0.1) is 0 Å². The van der Waals surface area contributed by atoms with Crippen LogP contribution in [-0.4, -0.2) is 19.2 Å². The number of nitrogen functional groups attached to an aromatic ring is 1. The molecule has 4 heteroatoms. The zero-order valence-electron chi connectivity index (χ0n) is 13.5. The molecule has 2 rings (SSSR count). The Hall–Kier alpha value is -2.49. The third-order valence-electron chi connectivity index (χ3n) is 3.40. The summed E-state index contributed by atoms with van der Waals surface area (Å²) in [6, 6.07) is 15.2. The number of hydrogen-bond acceptors (Lipinski definition) is 4. The molecule has 0 aliphatic heterocycles. The fourth-order valence-corrected chi connectivity index (χ4v) is 2.17. The highest BCUT2D eigenvalue weighted by molar-refractivity contribution is 5.90. The minimum absolute atomic E-state index is 0.346. The smallest absolute Gasteiger partial charge is 0.338 e. The molecule has 0 atom stereocenters. The first kappa shape index (κ1) is 16.9. The van der Waals surface area contributed by atoms with E-state index in [0.717, 1.165) is 19.3 Å². The first-order valence-electron chi connectivity index (χ1n) is 7.94. The van der Waals surface area contributed by atoms with Crippen LogP contribution in [0.3, 0.4) is 0 Å². The number of anilines is 1. The van der Waals surface area contributed by atoms with Crippen LogP contribution in [0.5, 0.6) is 5.75 Å². The zero-order chi connectivity index (χ0) is 16.5. The van der Waals surface area contributed by atoms with Gasteiger partial charge in [0.15, 0.2) is 0 Å². The molecule has 0 radical (unpaired) electrons. The summed E-state index contributed by atoms with van der Waals surface area (Å²) >= 11 is 0. The second kappa shape index (κ2) is 8.83. The number of esters is 1. The van der Waals surface area contributed by atoms with E-state index in [2.05, 4.69) is 12.1 Å². The van der Waals surface area contributed by atoms with E-state index in [1.54, 1.807) is 18.2 Å². The molecule has 0 unspecified atom stereocenters. The van der Waals surface area contributed by atoms with Gasteiger partial charge in [0.2, 0.25) is 0 Å². The monoisotopic (exact) mass is 313 g/mol. The number of benzene rings is 2. The van der Waals surface area contributed by atoms with Gasteiger partial charge in [0.05, 0.1) is 24.5 Å². The van der Waals surface area contributed by atoms with Gasteiger partial charge < -0.3 is 15.2 Å². The van der Waals surface area contributed by atoms with Crippen molar-refractivity contribution in [1.82, 2.24) is 0 Å². The number of carbonyl (C=O) groups is 1. The molecule has 2 aromatic rings. The fraction of sp³-hybridized carbons (Fsp3) is 0.316. The van der Waals surface area contributed by atoms with E-state index in [0.29, 0.717) is 30.2 Å². The second-order valence-corrected chi connectivity index (χ2v) is 5.33. The van der Waals surface area contributed by atoms with E-state index in [1.807, 2.05) is 25.1 Å². The van der Waals surface area contributed by atoms with Crippen LogP contribution >= 0.6 is 0 Å². The van der Waals surface area contributed by atoms with E-state index in [4.69, 9.17) is 15.2 Å². The largest absolute Gasteiger partial charge is 0.491 e. The maximum Gasteiger partial charge on any atom is 0.338 e. The SMILES string of the molecule is CCCOC(=O)c1ccc(N)c(OCCCc2ccccc2)c1. The third-order valence-corrected chi connectivity index (χ3v) is 3.40.